The van der Waals surface area contributed by atoms with Crippen LogP contribution in [0.15, 0.2) is 24.3 Å². The van der Waals surface area contributed by atoms with E-state index in [4.69, 9.17) is 5.11 Å². The molecule has 0 fully saturated rings. The van der Waals surface area contributed by atoms with Crippen LogP contribution in [-0.4, -0.2) is 24.3 Å². The molecule has 108 valence electrons. The minimum atomic E-state index is -0.186. The molecular weight excluding hydrogens is 241 g/mol. The third-order valence-electron chi connectivity index (χ3n) is 3.40. The molecule has 0 saturated carbocycles. The number of aliphatic hydroxyl groups is 1. The van der Waals surface area contributed by atoms with E-state index in [1.54, 1.807) is 0 Å². The van der Waals surface area contributed by atoms with Crippen molar-refractivity contribution in [3.8, 4) is 0 Å². The van der Waals surface area contributed by atoms with Crippen molar-refractivity contribution in [2.75, 3.05) is 13.2 Å². The maximum absolute atomic E-state index is 12.8. The maximum Gasteiger partial charge on any atom is 0.123 e. The average Bonchev–Trinajstić information content (AvgIpc) is 2.37. The second-order valence-electron chi connectivity index (χ2n) is 6.10. The van der Waals surface area contributed by atoms with Crippen molar-refractivity contribution in [3.63, 3.8) is 0 Å². The number of hydrogen-bond donors (Lipinski definition) is 2. The van der Waals surface area contributed by atoms with Gasteiger partial charge in [-0.15, -0.1) is 0 Å². The number of aliphatic hydroxyl groups excluding tert-OH is 1. The Morgan fingerprint density at radius 1 is 1.26 bits per heavy atom. The lowest BCUT2D eigenvalue weighted by Crippen LogP contribution is -2.36. The molecular formula is C16H26FNO. The van der Waals surface area contributed by atoms with Gasteiger partial charge in [-0.05, 0) is 49.3 Å². The second kappa shape index (κ2) is 7.61. The summed E-state index contributed by atoms with van der Waals surface area (Å²) in [5.41, 5.74) is 1.34. The van der Waals surface area contributed by atoms with E-state index in [9.17, 15) is 4.39 Å². The number of benzene rings is 1. The van der Waals surface area contributed by atoms with Crippen LogP contribution in [0, 0.1) is 11.2 Å². The molecule has 0 aliphatic carbocycles. The zero-order chi connectivity index (χ0) is 14.3. The van der Waals surface area contributed by atoms with Gasteiger partial charge in [0.1, 0.15) is 5.82 Å². The standard InChI is InChI=1S/C16H26FNO/c1-13(11-14-5-7-15(17)8-6-14)18-12-16(2,3)9-4-10-19/h5-8,13,18-19H,4,9-12H2,1-3H3. The van der Waals surface area contributed by atoms with Gasteiger partial charge in [0.15, 0.2) is 0 Å². The van der Waals surface area contributed by atoms with Crippen LogP contribution in [0.25, 0.3) is 0 Å². The van der Waals surface area contributed by atoms with Crippen molar-refractivity contribution in [2.45, 2.75) is 46.1 Å². The van der Waals surface area contributed by atoms with Crippen molar-refractivity contribution in [2.24, 2.45) is 5.41 Å². The van der Waals surface area contributed by atoms with E-state index < -0.39 is 0 Å². The van der Waals surface area contributed by atoms with E-state index >= 15 is 0 Å². The highest BCUT2D eigenvalue weighted by atomic mass is 19.1. The Morgan fingerprint density at radius 2 is 1.89 bits per heavy atom. The van der Waals surface area contributed by atoms with Crippen LogP contribution >= 0.6 is 0 Å². The SMILES string of the molecule is CC(Cc1ccc(F)cc1)NCC(C)(C)CCCO. The van der Waals surface area contributed by atoms with Gasteiger partial charge in [-0.2, -0.15) is 0 Å². The summed E-state index contributed by atoms with van der Waals surface area (Å²) in [6.07, 6.45) is 2.76. The molecule has 3 heteroatoms. The molecule has 1 atom stereocenters. The molecule has 1 unspecified atom stereocenters. The van der Waals surface area contributed by atoms with Crippen molar-refractivity contribution in [1.82, 2.24) is 5.32 Å². The summed E-state index contributed by atoms with van der Waals surface area (Å²) >= 11 is 0. The lowest BCUT2D eigenvalue weighted by molar-refractivity contribution is 0.232. The number of hydrogen-bond acceptors (Lipinski definition) is 2. The highest BCUT2D eigenvalue weighted by Crippen LogP contribution is 2.21. The first-order valence-corrected chi connectivity index (χ1v) is 7.02. The minimum Gasteiger partial charge on any atom is -0.396 e. The van der Waals surface area contributed by atoms with E-state index in [0.717, 1.165) is 31.4 Å². The van der Waals surface area contributed by atoms with Crippen LogP contribution in [0.3, 0.4) is 0 Å². The van der Waals surface area contributed by atoms with Gasteiger partial charge in [-0.25, -0.2) is 4.39 Å². The summed E-state index contributed by atoms with van der Waals surface area (Å²) in [6, 6.07) is 7.05. The summed E-state index contributed by atoms with van der Waals surface area (Å²) in [5, 5.41) is 12.4. The zero-order valence-corrected chi connectivity index (χ0v) is 12.2. The summed E-state index contributed by atoms with van der Waals surface area (Å²) < 4.78 is 12.8. The van der Waals surface area contributed by atoms with E-state index in [1.807, 2.05) is 12.1 Å². The van der Waals surface area contributed by atoms with Gasteiger partial charge in [-0.3, -0.25) is 0 Å². The first kappa shape index (κ1) is 16.1. The fraction of sp³-hybridized carbons (Fsp3) is 0.625. The van der Waals surface area contributed by atoms with Gasteiger partial charge >= 0.3 is 0 Å². The van der Waals surface area contributed by atoms with Crippen molar-refractivity contribution in [3.05, 3.63) is 35.6 Å². The highest BCUT2D eigenvalue weighted by molar-refractivity contribution is 5.16. The summed E-state index contributed by atoms with van der Waals surface area (Å²) in [4.78, 5) is 0. The molecule has 0 heterocycles. The Bertz CT molecular complexity index is 362. The van der Waals surface area contributed by atoms with Gasteiger partial charge in [0, 0.05) is 19.2 Å². The zero-order valence-electron chi connectivity index (χ0n) is 12.2. The molecule has 0 amide bonds. The molecule has 0 radical (unpaired) electrons. The predicted octanol–water partition coefficient (Wildman–Crippen LogP) is 3.15. The molecule has 1 aromatic rings. The third-order valence-corrected chi connectivity index (χ3v) is 3.40. The highest BCUT2D eigenvalue weighted by Gasteiger charge is 2.18. The van der Waals surface area contributed by atoms with Gasteiger partial charge in [0.25, 0.3) is 0 Å². The topological polar surface area (TPSA) is 32.3 Å². The molecule has 2 N–H and O–H groups in total. The third kappa shape index (κ3) is 6.69. The quantitative estimate of drug-likeness (QED) is 0.758. The molecule has 0 spiro atoms. The van der Waals surface area contributed by atoms with Crippen molar-refractivity contribution >= 4 is 0 Å². The molecule has 2 nitrogen and oxygen atoms in total. The normalized spacial score (nSPS) is 13.5. The lowest BCUT2D eigenvalue weighted by Gasteiger charge is -2.27. The van der Waals surface area contributed by atoms with Crippen molar-refractivity contribution < 1.29 is 9.50 Å². The second-order valence-corrected chi connectivity index (χ2v) is 6.10. The van der Waals surface area contributed by atoms with E-state index in [-0.39, 0.29) is 17.8 Å². The van der Waals surface area contributed by atoms with Crippen molar-refractivity contribution in [1.29, 1.82) is 0 Å². The monoisotopic (exact) mass is 267 g/mol. The smallest absolute Gasteiger partial charge is 0.123 e. The van der Waals surface area contributed by atoms with E-state index in [2.05, 4.69) is 26.1 Å². The fourth-order valence-electron chi connectivity index (χ4n) is 2.14. The molecule has 0 saturated heterocycles. The first-order valence-electron chi connectivity index (χ1n) is 7.02. The van der Waals surface area contributed by atoms with Crippen LogP contribution < -0.4 is 5.32 Å². The molecule has 0 bridgehead atoms. The summed E-state index contributed by atoms with van der Waals surface area (Å²) in [7, 11) is 0. The Kier molecular flexibility index (Phi) is 6.46. The Labute approximate surface area is 116 Å². The van der Waals surface area contributed by atoms with Crippen LogP contribution in [0.2, 0.25) is 0 Å². The largest absolute Gasteiger partial charge is 0.396 e. The molecule has 1 rings (SSSR count). The Hall–Kier alpha value is -0.930. The molecule has 19 heavy (non-hydrogen) atoms. The Balaban J connectivity index is 2.34. The first-order chi connectivity index (χ1) is 8.93. The van der Waals surface area contributed by atoms with Crippen LogP contribution in [-0.2, 0) is 6.42 Å². The van der Waals surface area contributed by atoms with E-state index in [0.29, 0.717) is 6.04 Å². The predicted molar refractivity (Wildman–Crippen MR) is 77.7 cm³/mol. The Morgan fingerprint density at radius 3 is 2.47 bits per heavy atom. The summed E-state index contributed by atoms with van der Waals surface area (Å²) in [6.45, 7) is 7.75. The minimum absolute atomic E-state index is 0.186. The molecule has 0 aromatic heterocycles. The molecule has 0 aliphatic heterocycles. The number of halogens is 1. The average molecular weight is 267 g/mol. The maximum atomic E-state index is 12.8. The van der Waals surface area contributed by atoms with Crippen LogP contribution in [0.1, 0.15) is 39.2 Å². The van der Waals surface area contributed by atoms with Crippen LogP contribution in [0.5, 0.6) is 0 Å². The molecule has 0 aliphatic rings. The number of rotatable bonds is 8. The molecule has 1 aromatic carbocycles. The number of nitrogens with one attached hydrogen (secondary N) is 1. The fourth-order valence-corrected chi connectivity index (χ4v) is 2.14. The van der Waals surface area contributed by atoms with Gasteiger partial charge in [0.2, 0.25) is 0 Å². The van der Waals surface area contributed by atoms with Gasteiger partial charge < -0.3 is 10.4 Å². The van der Waals surface area contributed by atoms with Gasteiger partial charge in [-0.1, -0.05) is 26.0 Å². The summed E-state index contributed by atoms with van der Waals surface area (Å²) in [5.74, 6) is -0.186. The lowest BCUT2D eigenvalue weighted by atomic mass is 9.87. The van der Waals surface area contributed by atoms with Gasteiger partial charge in [0.05, 0.1) is 0 Å². The van der Waals surface area contributed by atoms with Crippen LogP contribution in [0.4, 0.5) is 4.39 Å². The van der Waals surface area contributed by atoms with E-state index in [1.165, 1.54) is 12.1 Å².